The number of rotatable bonds is 7. The van der Waals surface area contributed by atoms with Crippen LogP contribution in [0.2, 0.25) is 0 Å². The minimum atomic E-state index is -4.02. The number of primary sulfonamides is 1. The number of hydrogen-bond donors (Lipinski definition) is 6. The first-order chi connectivity index (χ1) is 12.8. The zero-order valence-corrected chi connectivity index (χ0v) is 15.1. The van der Waals surface area contributed by atoms with E-state index in [-0.39, 0.29) is 28.7 Å². The van der Waals surface area contributed by atoms with Gasteiger partial charge in [-0.05, 0) is 22.8 Å². The summed E-state index contributed by atoms with van der Waals surface area (Å²) in [5.74, 6) is 5.06. The van der Waals surface area contributed by atoms with Crippen molar-refractivity contribution in [2.24, 2.45) is 26.9 Å². The van der Waals surface area contributed by atoms with Gasteiger partial charge in [-0.3, -0.25) is 5.41 Å². The Kier molecular flexibility index (Phi) is 6.34. The molecule has 0 aliphatic heterocycles. The van der Waals surface area contributed by atoms with Gasteiger partial charge < -0.3 is 16.9 Å². The van der Waals surface area contributed by atoms with E-state index in [0.29, 0.717) is 17.7 Å². The van der Waals surface area contributed by atoms with Gasteiger partial charge in [0, 0.05) is 12.1 Å². The molecule has 2 rings (SSSR count). The number of sulfonamides is 1. The Morgan fingerprint density at radius 1 is 1.15 bits per heavy atom. The van der Waals surface area contributed by atoms with E-state index in [1.54, 1.807) is 24.3 Å². The molecule has 27 heavy (non-hydrogen) atoms. The highest BCUT2D eigenvalue weighted by Gasteiger charge is 2.20. The van der Waals surface area contributed by atoms with Gasteiger partial charge in [-0.15, -0.1) is 5.11 Å². The van der Waals surface area contributed by atoms with E-state index in [1.165, 1.54) is 6.07 Å². The van der Waals surface area contributed by atoms with Crippen molar-refractivity contribution in [3.8, 4) is 11.1 Å². The molecule has 0 bridgehead atoms. The summed E-state index contributed by atoms with van der Waals surface area (Å²) in [6.45, 7) is 0.671. The summed E-state index contributed by atoms with van der Waals surface area (Å²) in [5.41, 5.74) is 14.9. The lowest BCUT2D eigenvalue weighted by molar-refractivity contribution is 0.597. The summed E-state index contributed by atoms with van der Waals surface area (Å²) in [6.07, 6.45) is 0. The first kappa shape index (κ1) is 20.2. The van der Waals surface area contributed by atoms with Crippen molar-refractivity contribution in [3.63, 3.8) is 0 Å². The van der Waals surface area contributed by atoms with Crippen molar-refractivity contribution in [3.05, 3.63) is 53.6 Å². The highest BCUT2D eigenvalue weighted by molar-refractivity contribution is 7.89. The Bertz CT molecular complexity index is 984. The normalized spacial score (nSPS) is 12.0. The molecular formula is C16H20N8O2S. The molecular weight excluding hydrogens is 368 g/mol. The van der Waals surface area contributed by atoms with Gasteiger partial charge >= 0.3 is 0 Å². The van der Waals surface area contributed by atoms with Gasteiger partial charge in [0.2, 0.25) is 10.0 Å². The third-order valence-electron chi connectivity index (χ3n) is 3.75. The topological polar surface area (TPSA) is 197 Å². The van der Waals surface area contributed by atoms with Crippen LogP contribution in [0.5, 0.6) is 0 Å². The highest BCUT2D eigenvalue weighted by Crippen LogP contribution is 2.28. The average Bonchev–Trinajstić information content (AvgIpc) is 2.66. The van der Waals surface area contributed by atoms with E-state index in [0.717, 1.165) is 5.56 Å². The molecule has 0 atom stereocenters. The Labute approximate surface area is 156 Å². The quantitative estimate of drug-likeness (QED) is 0.133. The molecule has 0 saturated heterocycles. The lowest BCUT2D eigenvalue weighted by atomic mass is 9.98. The van der Waals surface area contributed by atoms with E-state index in [9.17, 15) is 8.42 Å². The van der Waals surface area contributed by atoms with Crippen molar-refractivity contribution in [2.45, 2.75) is 11.4 Å². The Balaban J connectivity index is 2.38. The monoisotopic (exact) mass is 388 g/mol. The molecule has 9 N–H and O–H groups in total. The second-order valence-corrected chi connectivity index (χ2v) is 7.13. The molecule has 0 radical (unpaired) electrons. The van der Waals surface area contributed by atoms with E-state index in [2.05, 4.69) is 15.5 Å². The van der Waals surface area contributed by atoms with Crippen LogP contribution in [0.1, 0.15) is 11.1 Å². The van der Waals surface area contributed by atoms with Crippen LogP contribution in [0, 0.1) is 10.9 Å². The van der Waals surface area contributed by atoms with Crippen molar-refractivity contribution in [1.82, 2.24) is 5.32 Å². The lowest BCUT2D eigenvalue weighted by Gasteiger charge is -2.13. The van der Waals surface area contributed by atoms with E-state index < -0.39 is 10.0 Å². The SMILES string of the molecule is N=NC(=N)CNCc1ccc(-c2cccc(S(N)(=O)=O)c2/C(N)=N/N)cc1. The first-order valence-electron chi connectivity index (χ1n) is 7.72. The molecule has 0 aliphatic carbocycles. The smallest absolute Gasteiger partial charge is 0.238 e. The number of nitrogens with one attached hydrogen (secondary N) is 3. The van der Waals surface area contributed by atoms with Crippen molar-refractivity contribution < 1.29 is 8.42 Å². The fourth-order valence-corrected chi connectivity index (χ4v) is 3.27. The Morgan fingerprint density at radius 2 is 1.81 bits per heavy atom. The molecule has 0 spiro atoms. The van der Waals surface area contributed by atoms with Crippen LogP contribution in [0.25, 0.3) is 11.1 Å². The molecule has 2 aromatic rings. The molecule has 0 heterocycles. The molecule has 0 amide bonds. The maximum atomic E-state index is 11.9. The zero-order valence-electron chi connectivity index (χ0n) is 14.3. The molecule has 142 valence electrons. The first-order valence-corrected chi connectivity index (χ1v) is 9.27. The van der Waals surface area contributed by atoms with Gasteiger partial charge in [-0.1, -0.05) is 36.4 Å². The zero-order chi connectivity index (χ0) is 20.0. The van der Waals surface area contributed by atoms with Gasteiger partial charge in [-0.25, -0.2) is 19.1 Å². The summed E-state index contributed by atoms with van der Waals surface area (Å²) in [5, 5.41) is 22.0. The summed E-state index contributed by atoms with van der Waals surface area (Å²) in [7, 11) is -4.02. The van der Waals surface area contributed by atoms with E-state index in [4.69, 9.17) is 27.7 Å². The van der Waals surface area contributed by atoms with Crippen LogP contribution in [-0.2, 0) is 16.6 Å². The molecule has 10 nitrogen and oxygen atoms in total. The van der Waals surface area contributed by atoms with Crippen LogP contribution < -0.4 is 22.0 Å². The van der Waals surface area contributed by atoms with Gasteiger partial charge in [-0.2, -0.15) is 5.10 Å². The lowest BCUT2D eigenvalue weighted by Crippen LogP contribution is -2.23. The number of hydrazone groups is 1. The maximum Gasteiger partial charge on any atom is 0.238 e. The third-order valence-corrected chi connectivity index (χ3v) is 4.70. The molecule has 0 aromatic heterocycles. The van der Waals surface area contributed by atoms with Crippen LogP contribution in [0.4, 0.5) is 0 Å². The predicted molar refractivity (Wildman–Crippen MR) is 103 cm³/mol. The van der Waals surface area contributed by atoms with Gasteiger partial charge in [0.25, 0.3) is 0 Å². The molecule has 2 aromatic carbocycles. The largest absolute Gasteiger partial charge is 0.382 e. The fourth-order valence-electron chi connectivity index (χ4n) is 2.50. The standard InChI is InChI=1S/C16H20N8O2S/c17-14(23-19)9-22-8-10-4-6-11(7-5-10)12-2-1-3-13(27(21,25)26)15(12)16(18)24-20/h1-7,17,19,22H,8-9,20H2,(H2,18,24)(H2,21,25,26). The number of nitrogens with zero attached hydrogens (tertiary/aromatic N) is 2. The van der Waals surface area contributed by atoms with Crippen molar-refractivity contribution in [2.75, 3.05) is 6.54 Å². The number of amidine groups is 2. The summed E-state index contributed by atoms with van der Waals surface area (Å²) >= 11 is 0. The van der Waals surface area contributed by atoms with Crippen LogP contribution >= 0.6 is 0 Å². The van der Waals surface area contributed by atoms with Crippen LogP contribution in [0.3, 0.4) is 0 Å². The van der Waals surface area contributed by atoms with Gasteiger partial charge in [0.05, 0.1) is 11.4 Å². The minimum absolute atomic E-state index is 0.0624. The second-order valence-electron chi connectivity index (χ2n) is 5.60. The Morgan fingerprint density at radius 3 is 2.37 bits per heavy atom. The van der Waals surface area contributed by atoms with Crippen LogP contribution in [0.15, 0.2) is 57.6 Å². The molecule has 0 fully saturated rings. The predicted octanol–water partition coefficient (Wildman–Crippen LogP) is 0.678. The number of benzene rings is 2. The third kappa shape index (κ3) is 4.94. The van der Waals surface area contributed by atoms with Crippen molar-refractivity contribution >= 4 is 21.7 Å². The van der Waals surface area contributed by atoms with Gasteiger partial charge in [0.15, 0.2) is 11.7 Å². The molecule has 0 unspecified atom stereocenters. The van der Waals surface area contributed by atoms with Crippen molar-refractivity contribution in [1.29, 1.82) is 10.9 Å². The van der Waals surface area contributed by atoms with Gasteiger partial charge in [0.1, 0.15) is 0 Å². The summed E-state index contributed by atoms with van der Waals surface area (Å²) < 4.78 is 23.8. The maximum absolute atomic E-state index is 11.9. The number of hydrogen-bond acceptors (Lipinski definition) is 7. The molecule has 0 saturated carbocycles. The number of nitrogens with two attached hydrogens (primary N) is 3. The highest BCUT2D eigenvalue weighted by atomic mass is 32.2. The van der Waals surface area contributed by atoms with Crippen LogP contribution in [-0.4, -0.2) is 26.6 Å². The minimum Gasteiger partial charge on any atom is -0.382 e. The summed E-state index contributed by atoms with van der Waals surface area (Å²) in [4.78, 5) is -0.157. The van der Waals surface area contributed by atoms with E-state index >= 15 is 0 Å². The second kappa shape index (κ2) is 8.49. The molecule has 11 heteroatoms. The average molecular weight is 388 g/mol. The summed E-state index contributed by atoms with van der Waals surface area (Å²) in [6, 6.07) is 11.9. The fraction of sp³-hybridized carbons (Fsp3) is 0.125. The van der Waals surface area contributed by atoms with E-state index in [1.807, 2.05) is 12.1 Å². The Hall–Kier alpha value is -3.15. The molecule has 0 aliphatic rings.